The van der Waals surface area contributed by atoms with Crippen LogP contribution in [0, 0.1) is 6.92 Å². The van der Waals surface area contributed by atoms with Gasteiger partial charge in [0, 0.05) is 20.8 Å². The molecule has 0 aliphatic carbocycles. The number of benzene rings is 2. The molecule has 0 aliphatic heterocycles. The van der Waals surface area contributed by atoms with Crippen LogP contribution in [-0.2, 0) is 4.79 Å². The van der Waals surface area contributed by atoms with E-state index in [9.17, 15) is 4.79 Å². The molecular weight excluding hydrogens is 345 g/mol. The predicted octanol–water partition coefficient (Wildman–Crippen LogP) is 5.36. The molecule has 22 heavy (non-hydrogen) atoms. The molecule has 1 atom stereocenters. The Bertz CT molecular complexity index is 684. The summed E-state index contributed by atoms with van der Waals surface area (Å²) in [6, 6.07) is 10.0. The van der Waals surface area contributed by atoms with Crippen molar-refractivity contribution in [3.63, 3.8) is 0 Å². The van der Waals surface area contributed by atoms with Crippen molar-refractivity contribution in [1.29, 1.82) is 0 Å². The van der Waals surface area contributed by atoms with Crippen molar-refractivity contribution in [2.24, 2.45) is 0 Å². The monoisotopic (exact) mass is 357 g/mol. The maximum Gasteiger partial charge on any atom is 0.265 e. The average molecular weight is 359 g/mol. The molecule has 0 unspecified atom stereocenters. The fraction of sp³-hybridized carbons (Fsp3) is 0.188. The van der Waals surface area contributed by atoms with Crippen LogP contribution in [0.15, 0.2) is 36.4 Å². The van der Waals surface area contributed by atoms with E-state index >= 15 is 0 Å². The van der Waals surface area contributed by atoms with Gasteiger partial charge >= 0.3 is 0 Å². The molecule has 0 bridgehead atoms. The van der Waals surface area contributed by atoms with E-state index in [4.69, 9.17) is 39.5 Å². The van der Waals surface area contributed by atoms with E-state index in [2.05, 4.69) is 5.32 Å². The van der Waals surface area contributed by atoms with Crippen molar-refractivity contribution in [2.45, 2.75) is 20.0 Å². The molecular formula is C16H14Cl3NO2. The van der Waals surface area contributed by atoms with Gasteiger partial charge in [0.1, 0.15) is 5.75 Å². The number of hydrogen-bond acceptors (Lipinski definition) is 2. The Balaban J connectivity index is 2.05. The SMILES string of the molecule is Cc1cc(Cl)ccc1O[C@H](C)C(=O)Nc1cc(Cl)cc(Cl)c1. The fourth-order valence-electron chi connectivity index (χ4n) is 1.86. The van der Waals surface area contributed by atoms with Crippen molar-refractivity contribution in [3.05, 3.63) is 57.0 Å². The molecule has 1 amide bonds. The maximum atomic E-state index is 12.2. The van der Waals surface area contributed by atoms with Gasteiger partial charge in [-0.15, -0.1) is 0 Å². The second-order valence-corrected chi connectivity index (χ2v) is 6.13. The Morgan fingerprint density at radius 2 is 1.68 bits per heavy atom. The van der Waals surface area contributed by atoms with Crippen molar-refractivity contribution >= 4 is 46.4 Å². The van der Waals surface area contributed by atoms with Crippen LogP contribution in [-0.4, -0.2) is 12.0 Å². The van der Waals surface area contributed by atoms with E-state index in [0.29, 0.717) is 26.5 Å². The zero-order chi connectivity index (χ0) is 16.3. The van der Waals surface area contributed by atoms with Crippen molar-refractivity contribution in [2.75, 3.05) is 5.32 Å². The van der Waals surface area contributed by atoms with Crippen molar-refractivity contribution in [1.82, 2.24) is 0 Å². The molecule has 0 saturated heterocycles. The summed E-state index contributed by atoms with van der Waals surface area (Å²) in [5.74, 6) is 0.309. The minimum Gasteiger partial charge on any atom is -0.481 e. The van der Waals surface area contributed by atoms with Gasteiger partial charge in [-0.25, -0.2) is 0 Å². The van der Waals surface area contributed by atoms with E-state index in [1.165, 1.54) is 0 Å². The first kappa shape index (κ1) is 16.9. The molecule has 116 valence electrons. The van der Waals surface area contributed by atoms with Crippen molar-refractivity contribution < 1.29 is 9.53 Å². The van der Waals surface area contributed by atoms with Crippen LogP contribution in [0.5, 0.6) is 5.75 Å². The van der Waals surface area contributed by atoms with E-state index in [0.717, 1.165) is 5.56 Å². The summed E-state index contributed by atoms with van der Waals surface area (Å²) in [7, 11) is 0. The number of nitrogens with one attached hydrogen (secondary N) is 1. The summed E-state index contributed by atoms with van der Waals surface area (Å²) >= 11 is 17.7. The van der Waals surface area contributed by atoms with Crippen LogP contribution in [0.3, 0.4) is 0 Å². The van der Waals surface area contributed by atoms with Crippen LogP contribution >= 0.6 is 34.8 Å². The average Bonchev–Trinajstić information content (AvgIpc) is 2.40. The topological polar surface area (TPSA) is 38.3 Å². The van der Waals surface area contributed by atoms with Crippen LogP contribution in [0.1, 0.15) is 12.5 Å². The number of rotatable bonds is 4. The fourth-order valence-corrected chi connectivity index (χ4v) is 2.61. The Morgan fingerprint density at radius 1 is 1.05 bits per heavy atom. The number of aryl methyl sites for hydroxylation is 1. The third-order valence-corrected chi connectivity index (χ3v) is 3.61. The van der Waals surface area contributed by atoms with Gasteiger partial charge in [0.05, 0.1) is 0 Å². The molecule has 0 aromatic heterocycles. The first-order valence-corrected chi connectivity index (χ1v) is 7.68. The lowest BCUT2D eigenvalue weighted by Crippen LogP contribution is -2.30. The van der Waals surface area contributed by atoms with Gasteiger partial charge < -0.3 is 10.1 Å². The first-order chi connectivity index (χ1) is 10.3. The summed E-state index contributed by atoms with van der Waals surface area (Å²) in [4.78, 5) is 12.2. The van der Waals surface area contributed by atoms with Gasteiger partial charge in [0.25, 0.3) is 5.91 Å². The van der Waals surface area contributed by atoms with Crippen molar-refractivity contribution in [3.8, 4) is 5.75 Å². The summed E-state index contributed by atoms with van der Waals surface area (Å²) < 4.78 is 5.66. The first-order valence-electron chi connectivity index (χ1n) is 6.55. The lowest BCUT2D eigenvalue weighted by atomic mass is 10.2. The molecule has 0 spiro atoms. The number of carbonyl (C=O) groups excluding carboxylic acids is 1. The molecule has 3 nitrogen and oxygen atoms in total. The van der Waals surface area contributed by atoms with E-state index in [-0.39, 0.29) is 5.91 Å². The van der Waals surface area contributed by atoms with Gasteiger partial charge in [0.2, 0.25) is 0 Å². The minimum absolute atomic E-state index is 0.298. The summed E-state index contributed by atoms with van der Waals surface area (Å²) in [6.07, 6.45) is -0.683. The van der Waals surface area contributed by atoms with Gasteiger partial charge in [-0.1, -0.05) is 34.8 Å². The largest absolute Gasteiger partial charge is 0.481 e. The number of hydrogen-bond donors (Lipinski definition) is 1. The number of ether oxygens (including phenoxy) is 1. The third kappa shape index (κ3) is 4.54. The molecule has 0 saturated carbocycles. The molecule has 0 aliphatic rings. The van der Waals surface area contributed by atoms with Gasteiger partial charge in [-0.3, -0.25) is 4.79 Å². The third-order valence-electron chi connectivity index (χ3n) is 2.94. The van der Waals surface area contributed by atoms with Gasteiger partial charge in [0.15, 0.2) is 6.10 Å². The number of halogens is 3. The Kier molecular flexibility index (Phi) is 5.57. The quantitative estimate of drug-likeness (QED) is 0.799. The molecule has 6 heteroatoms. The lowest BCUT2D eigenvalue weighted by Gasteiger charge is -2.16. The summed E-state index contributed by atoms with van der Waals surface area (Å²) in [5.41, 5.74) is 1.38. The smallest absolute Gasteiger partial charge is 0.265 e. The Labute approximate surface area is 144 Å². The highest BCUT2D eigenvalue weighted by Gasteiger charge is 2.16. The molecule has 2 aromatic carbocycles. The molecule has 2 rings (SSSR count). The second-order valence-electron chi connectivity index (χ2n) is 4.82. The van der Waals surface area contributed by atoms with E-state index in [1.54, 1.807) is 43.3 Å². The Morgan fingerprint density at radius 3 is 2.27 bits per heavy atom. The predicted molar refractivity (Wildman–Crippen MR) is 91.4 cm³/mol. The second kappa shape index (κ2) is 7.23. The molecule has 0 radical (unpaired) electrons. The van der Waals surface area contributed by atoms with Crippen LogP contribution < -0.4 is 10.1 Å². The normalized spacial score (nSPS) is 11.9. The van der Waals surface area contributed by atoms with Crippen LogP contribution in [0.4, 0.5) is 5.69 Å². The highest BCUT2D eigenvalue weighted by Crippen LogP contribution is 2.24. The summed E-state index contributed by atoms with van der Waals surface area (Å²) in [5, 5.41) is 4.23. The molecule has 0 fully saturated rings. The van der Waals surface area contributed by atoms with E-state index < -0.39 is 6.10 Å². The van der Waals surface area contributed by atoms with Crippen LogP contribution in [0.2, 0.25) is 15.1 Å². The lowest BCUT2D eigenvalue weighted by molar-refractivity contribution is -0.122. The highest BCUT2D eigenvalue weighted by molar-refractivity contribution is 6.35. The Hall–Kier alpha value is -1.42. The number of anilines is 1. The summed E-state index contributed by atoms with van der Waals surface area (Å²) in [6.45, 7) is 3.53. The zero-order valence-electron chi connectivity index (χ0n) is 12.0. The van der Waals surface area contributed by atoms with Gasteiger partial charge in [-0.05, 0) is 55.8 Å². The number of carbonyl (C=O) groups is 1. The number of amides is 1. The molecule has 1 N–H and O–H groups in total. The highest BCUT2D eigenvalue weighted by atomic mass is 35.5. The standard InChI is InChI=1S/C16H14Cl3NO2/c1-9-5-11(17)3-4-15(9)22-10(2)16(21)20-14-7-12(18)6-13(19)8-14/h3-8,10H,1-2H3,(H,20,21)/t10-/m1/s1. The zero-order valence-corrected chi connectivity index (χ0v) is 14.3. The maximum absolute atomic E-state index is 12.2. The van der Waals surface area contributed by atoms with Gasteiger partial charge in [-0.2, -0.15) is 0 Å². The molecule has 0 heterocycles. The molecule has 2 aromatic rings. The minimum atomic E-state index is -0.683. The van der Waals surface area contributed by atoms with Crippen LogP contribution in [0.25, 0.3) is 0 Å². The van der Waals surface area contributed by atoms with E-state index in [1.807, 2.05) is 6.92 Å².